The molecule has 0 aliphatic rings. The number of hydrogen-bond acceptors (Lipinski definition) is 10. The zero-order valence-electron chi connectivity index (χ0n) is 14.9. The third-order valence-corrected chi connectivity index (χ3v) is 3.67. The quantitative estimate of drug-likeness (QED) is 0.324. The molecule has 1 aromatic heterocycles. The number of carbonyl (C=O) groups excluding carboxylic acids is 1. The first kappa shape index (κ1) is 20.0. The third kappa shape index (κ3) is 4.56. The molecule has 0 bridgehead atoms. The number of tetrazole rings is 1. The van der Waals surface area contributed by atoms with E-state index in [1.165, 1.54) is 0 Å². The van der Waals surface area contributed by atoms with Gasteiger partial charge < -0.3 is 5.11 Å². The molecule has 3 aromatic rings. The summed E-state index contributed by atoms with van der Waals surface area (Å²) in [5, 5.41) is 46.9. The molecule has 0 aliphatic heterocycles. The van der Waals surface area contributed by atoms with Gasteiger partial charge in [-0.15, -0.1) is 10.2 Å². The fraction of sp³-hybridized carbons (Fsp3) is 0.0625. The highest BCUT2D eigenvalue weighted by atomic mass is 16.6. The maximum absolute atomic E-state index is 12.0. The molecule has 1 heterocycles. The average molecular weight is 412 g/mol. The lowest BCUT2D eigenvalue weighted by molar-refractivity contribution is -0.394. The van der Waals surface area contributed by atoms with Gasteiger partial charge in [-0.05, 0) is 5.21 Å². The lowest BCUT2D eigenvalue weighted by Crippen LogP contribution is -2.24. The first-order valence-corrected chi connectivity index (χ1v) is 8.16. The normalized spacial score (nSPS) is 10.8. The van der Waals surface area contributed by atoms with Gasteiger partial charge in [-0.25, -0.2) is 5.43 Å². The van der Waals surface area contributed by atoms with Gasteiger partial charge in [-0.2, -0.15) is 9.90 Å². The summed E-state index contributed by atoms with van der Waals surface area (Å²) in [4.78, 5) is 33.0. The summed E-state index contributed by atoms with van der Waals surface area (Å²) < 4.78 is 0. The van der Waals surface area contributed by atoms with Crippen molar-refractivity contribution in [1.29, 1.82) is 0 Å². The number of nitro groups is 2. The lowest BCUT2D eigenvalue weighted by atomic mass is 10.1. The summed E-state index contributed by atoms with van der Waals surface area (Å²) in [5.41, 5.74) is 1.02. The van der Waals surface area contributed by atoms with Crippen LogP contribution in [0.1, 0.15) is 5.56 Å². The fourth-order valence-corrected chi connectivity index (χ4v) is 2.32. The van der Waals surface area contributed by atoms with E-state index < -0.39 is 32.9 Å². The number of nitro benzene ring substituents is 2. The van der Waals surface area contributed by atoms with Crippen LogP contribution in [0.3, 0.4) is 0 Å². The summed E-state index contributed by atoms with van der Waals surface area (Å²) in [6, 6.07) is 10.5. The minimum Gasteiger partial charge on any atom is -0.502 e. The molecule has 30 heavy (non-hydrogen) atoms. The molecule has 0 aliphatic carbocycles. The maximum Gasteiger partial charge on any atom is 0.318 e. The standard InChI is InChI=1S/C16H12N8O6/c25-14(9-22-20-16(19-21-22)10-4-2-1-3-5-10)18-17-8-11-6-12(23(27)28)7-13(15(11)26)24(29)30/h1-8,26H,9H2,(H,18,25)/b17-8-. The van der Waals surface area contributed by atoms with Crippen molar-refractivity contribution in [3.63, 3.8) is 0 Å². The number of hydrogen-bond donors (Lipinski definition) is 2. The second kappa shape index (κ2) is 8.51. The van der Waals surface area contributed by atoms with E-state index in [-0.39, 0.29) is 12.1 Å². The van der Waals surface area contributed by atoms with Crippen LogP contribution < -0.4 is 5.43 Å². The Labute approximate surface area is 166 Å². The molecular weight excluding hydrogens is 400 g/mol. The van der Waals surface area contributed by atoms with Crippen LogP contribution in [0.2, 0.25) is 0 Å². The summed E-state index contributed by atoms with van der Waals surface area (Å²) in [5.74, 6) is -1.17. The SMILES string of the molecule is O=C(Cn1nnc(-c2ccccc2)n1)N/N=C\c1cc([N+](=O)[O-])cc([N+](=O)[O-])c1O. The molecule has 0 radical (unpaired) electrons. The number of nitrogens with zero attached hydrogens (tertiary/aromatic N) is 7. The minimum atomic E-state index is -0.973. The number of aromatic nitrogens is 4. The Morgan fingerprint density at radius 3 is 2.60 bits per heavy atom. The van der Waals surface area contributed by atoms with Crippen molar-refractivity contribution >= 4 is 23.5 Å². The number of phenols is 1. The molecule has 0 spiro atoms. The molecular formula is C16H12N8O6. The Hall–Kier alpha value is -4.75. The number of benzene rings is 2. The van der Waals surface area contributed by atoms with E-state index in [0.29, 0.717) is 17.5 Å². The summed E-state index contributed by atoms with van der Waals surface area (Å²) in [6.07, 6.45) is 0.845. The Kier molecular flexibility index (Phi) is 5.67. The lowest BCUT2D eigenvalue weighted by Gasteiger charge is -2.01. The maximum atomic E-state index is 12.0. The fourth-order valence-electron chi connectivity index (χ4n) is 2.32. The summed E-state index contributed by atoms with van der Waals surface area (Å²) in [6.45, 7) is -0.335. The van der Waals surface area contributed by atoms with Gasteiger partial charge in [0.05, 0.1) is 27.7 Å². The molecule has 0 atom stereocenters. The first-order chi connectivity index (χ1) is 14.3. The van der Waals surface area contributed by atoms with Crippen molar-refractivity contribution < 1.29 is 19.7 Å². The van der Waals surface area contributed by atoms with Gasteiger partial charge in [0.2, 0.25) is 11.6 Å². The van der Waals surface area contributed by atoms with Crippen molar-refractivity contribution in [1.82, 2.24) is 25.6 Å². The molecule has 0 saturated heterocycles. The predicted octanol–water partition coefficient (Wildman–Crippen LogP) is 1.01. The van der Waals surface area contributed by atoms with E-state index in [1.807, 2.05) is 6.07 Å². The molecule has 2 N–H and O–H groups in total. The molecule has 0 saturated carbocycles. The van der Waals surface area contributed by atoms with E-state index in [1.54, 1.807) is 24.3 Å². The highest BCUT2D eigenvalue weighted by molar-refractivity contribution is 5.88. The molecule has 152 valence electrons. The minimum absolute atomic E-state index is 0.318. The topological polar surface area (TPSA) is 192 Å². The molecule has 2 aromatic carbocycles. The number of hydrazone groups is 1. The monoisotopic (exact) mass is 412 g/mol. The van der Waals surface area contributed by atoms with Gasteiger partial charge >= 0.3 is 5.69 Å². The van der Waals surface area contributed by atoms with E-state index >= 15 is 0 Å². The Morgan fingerprint density at radius 1 is 1.20 bits per heavy atom. The number of non-ortho nitro benzene ring substituents is 1. The molecule has 14 heteroatoms. The van der Waals surface area contributed by atoms with Crippen LogP contribution in [0, 0.1) is 20.2 Å². The van der Waals surface area contributed by atoms with Crippen molar-refractivity contribution in [2.45, 2.75) is 6.54 Å². The predicted molar refractivity (Wildman–Crippen MR) is 100 cm³/mol. The van der Waals surface area contributed by atoms with Crippen LogP contribution in [-0.2, 0) is 11.3 Å². The van der Waals surface area contributed by atoms with E-state index in [4.69, 9.17) is 0 Å². The molecule has 14 nitrogen and oxygen atoms in total. The summed E-state index contributed by atoms with van der Waals surface area (Å²) >= 11 is 0. The molecule has 1 amide bonds. The van der Waals surface area contributed by atoms with E-state index in [9.17, 15) is 30.1 Å². The third-order valence-electron chi connectivity index (χ3n) is 3.67. The van der Waals surface area contributed by atoms with E-state index in [0.717, 1.165) is 17.1 Å². The van der Waals surface area contributed by atoms with Crippen molar-refractivity contribution in [3.05, 3.63) is 68.3 Å². The number of phenolic OH excluding ortho intramolecular Hbond substituents is 1. The highest BCUT2D eigenvalue weighted by Crippen LogP contribution is 2.33. The van der Waals surface area contributed by atoms with Gasteiger partial charge in [0.15, 0.2) is 0 Å². The van der Waals surface area contributed by atoms with Crippen molar-refractivity contribution in [2.75, 3.05) is 0 Å². The second-order valence-corrected chi connectivity index (χ2v) is 5.72. The van der Waals surface area contributed by atoms with Gasteiger partial charge in [-0.1, -0.05) is 30.3 Å². The van der Waals surface area contributed by atoms with Gasteiger partial charge in [0.25, 0.3) is 11.6 Å². The zero-order valence-corrected chi connectivity index (χ0v) is 14.9. The highest BCUT2D eigenvalue weighted by Gasteiger charge is 2.23. The second-order valence-electron chi connectivity index (χ2n) is 5.72. The molecule has 3 rings (SSSR count). The van der Waals surface area contributed by atoms with Gasteiger partial charge in [0.1, 0.15) is 6.54 Å². The van der Waals surface area contributed by atoms with Crippen LogP contribution >= 0.6 is 0 Å². The summed E-state index contributed by atoms with van der Waals surface area (Å²) in [7, 11) is 0. The number of aromatic hydroxyl groups is 1. The van der Waals surface area contributed by atoms with Crippen LogP contribution in [0.25, 0.3) is 11.4 Å². The van der Waals surface area contributed by atoms with Crippen molar-refractivity contribution in [3.8, 4) is 17.1 Å². The average Bonchev–Trinajstić information content (AvgIpc) is 3.18. The number of carbonyl (C=O) groups is 1. The Morgan fingerprint density at radius 2 is 1.93 bits per heavy atom. The number of nitrogens with one attached hydrogen (secondary N) is 1. The van der Waals surface area contributed by atoms with Crippen LogP contribution in [0.5, 0.6) is 5.75 Å². The van der Waals surface area contributed by atoms with Crippen molar-refractivity contribution in [2.24, 2.45) is 5.10 Å². The number of amides is 1. The molecule has 0 unspecified atom stereocenters. The Balaban J connectivity index is 1.68. The van der Waals surface area contributed by atoms with Crippen LogP contribution in [0.15, 0.2) is 47.6 Å². The zero-order chi connectivity index (χ0) is 21.7. The largest absolute Gasteiger partial charge is 0.502 e. The molecule has 0 fully saturated rings. The Bertz CT molecular complexity index is 1140. The smallest absolute Gasteiger partial charge is 0.318 e. The van der Waals surface area contributed by atoms with Gasteiger partial charge in [-0.3, -0.25) is 25.0 Å². The van der Waals surface area contributed by atoms with E-state index in [2.05, 4.69) is 25.9 Å². The first-order valence-electron chi connectivity index (χ1n) is 8.16. The van der Waals surface area contributed by atoms with Gasteiger partial charge in [0, 0.05) is 11.6 Å². The van der Waals surface area contributed by atoms with Crippen LogP contribution in [-0.4, -0.2) is 47.3 Å². The number of rotatable bonds is 7. The van der Waals surface area contributed by atoms with Crippen LogP contribution in [0.4, 0.5) is 11.4 Å².